The molecule has 6 rings (SSSR count). The van der Waals surface area contributed by atoms with E-state index in [4.69, 9.17) is 11.6 Å². The molecule has 2 aromatic rings. The Labute approximate surface area is 192 Å². The summed E-state index contributed by atoms with van der Waals surface area (Å²) in [5.74, 6) is -2.03. The predicted octanol–water partition coefficient (Wildman–Crippen LogP) is 3.84. The van der Waals surface area contributed by atoms with Gasteiger partial charge in [0.1, 0.15) is 5.54 Å². The van der Waals surface area contributed by atoms with Gasteiger partial charge in [0.2, 0.25) is 17.7 Å². The van der Waals surface area contributed by atoms with Crippen LogP contribution in [0, 0.1) is 18.8 Å². The summed E-state index contributed by atoms with van der Waals surface area (Å²) in [6, 6.07) is 10.6. The van der Waals surface area contributed by atoms with Gasteiger partial charge in [-0.05, 0) is 62.2 Å². The Kier molecular flexibility index (Phi) is 4.02. The second-order valence-electron chi connectivity index (χ2n) is 8.71. The van der Waals surface area contributed by atoms with E-state index in [0.717, 1.165) is 28.4 Å². The minimum absolute atomic E-state index is 0.130. The molecule has 0 saturated carbocycles. The number of hydrogen-bond acceptors (Lipinski definition) is 4. The number of carbonyl (C=O) groups is 3. The zero-order valence-corrected chi connectivity index (χ0v) is 19.0. The molecule has 4 atom stereocenters. The molecule has 4 aliphatic heterocycles. The number of nitrogens with zero attached hydrogens (tertiary/aromatic N) is 2. The molecule has 6 nitrogen and oxygen atoms in total. The zero-order valence-electron chi connectivity index (χ0n) is 16.7. The second-order valence-corrected chi connectivity index (χ2v) is 10.0. The molecular weight excluding hydrogens is 482 g/mol. The molecule has 31 heavy (non-hydrogen) atoms. The van der Waals surface area contributed by atoms with Gasteiger partial charge in [0.25, 0.3) is 0 Å². The summed E-state index contributed by atoms with van der Waals surface area (Å²) in [5, 5.41) is 3.57. The molecule has 0 radical (unpaired) electrons. The standard InChI is InChI=1S/C23H19BrClN3O3/c1-11-15(25)9-8-14-19(11)26-22(31)23(14)18-17(16-3-2-10-27(16)23)20(29)28(21(18)30)13-6-4-12(24)5-7-13/h4-9,16-18H,2-3,10H2,1H3,(H,26,31)/t16-,17+,18+,23+/m1/s1. The van der Waals surface area contributed by atoms with E-state index in [0.29, 0.717) is 22.9 Å². The first kappa shape index (κ1) is 19.5. The van der Waals surface area contributed by atoms with Crippen LogP contribution in [0.2, 0.25) is 5.02 Å². The summed E-state index contributed by atoms with van der Waals surface area (Å²) < 4.78 is 0.866. The number of nitrogens with one attached hydrogen (secondary N) is 1. The number of halogens is 2. The topological polar surface area (TPSA) is 69.7 Å². The third-order valence-electron chi connectivity index (χ3n) is 7.45. The quantitative estimate of drug-likeness (QED) is 0.604. The number of rotatable bonds is 1. The number of anilines is 2. The summed E-state index contributed by atoms with van der Waals surface area (Å²) in [7, 11) is 0. The van der Waals surface area contributed by atoms with Crippen molar-refractivity contribution in [2.45, 2.75) is 31.3 Å². The lowest BCUT2D eigenvalue weighted by Crippen LogP contribution is -2.54. The summed E-state index contributed by atoms with van der Waals surface area (Å²) in [6.07, 6.45) is 1.69. The van der Waals surface area contributed by atoms with E-state index in [9.17, 15) is 14.4 Å². The van der Waals surface area contributed by atoms with Crippen LogP contribution in [-0.4, -0.2) is 35.2 Å². The van der Waals surface area contributed by atoms with Gasteiger partial charge in [-0.2, -0.15) is 0 Å². The maximum absolute atomic E-state index is 13.8. The third-order valence-corrected chi connectivity index (χ3v) is 8.39. The summed E-state index contributed by atoms with van der Waals surface area (Å²) in [5.41, 5.74) is 1.58. The Hall–Kier alpha value is -2.22. The first-order chi connectivity index (χ1) is 14.9. The molecule has 4 aliphatic rings. The monoisotopic (exact) mass is 499 g/mol. The van der Waals surface area contributed by atoms with Gasteiger partial charge < -0.3 is 5.32 Å². The van der Waals surface area contributed by atoms with Crippen molar-refractivity contribution >= 4 is 56.6 Å². The SMILES string of the molecule is Cc1c(Cl)ccc2c1NC(=O)[C@@]21[C@@H]2C(=O)N(c3ccc(Br)cc3)C(=O)[C@H]2[C@H]2CCCN21. The van der Waals surface area contributed by atoms with Crippen molar-refractivity contribution in [2.75, 3.05) is 16.8 Å². The molecule has 0 unspecified atom stereocenters. The minimum atomic E-state index is -1.17. The molecule has 4 heterocycles. The fourth-order valence-electron chi connectivity index (χ4n) is 6.24. The molecule has 3 amide bonds. The Bertz CT molecular complexity index is 1180. The van der Waals surface area contributed by atoms with Crippen molar-refractivity contribution in [3.8, 4) is 0 Å². The van der Waals surface area contributed by atoms with Gasteiger partial charge in [-0.3, -0.25) is 19.3 Å². The summed E-state index contributed by atoms with van der Waals surface area (Å²) in [6.45, 7) is 2.55. The molecule has 3 fully saturated rings. The average molecular weight is 501 g/mol. The number of amides is 3. The van der Waals surface area contributed by atoms with Crippen LogP contribution < -0.4 is 10.2 Å². The van der Waals surface area contributed by atoms with Crippen molar-refractivity contribution < 1.29 is 14.4 Å². The molecule has 3 saturated heterocycles. The van der Waals surface area contributed by atoms with E-state index in [1.807, 2.05) is 25.1 Å². The van der Waals surface area contributed by atoms with Crippen LogP contribution in [0.15, 0.2) is 40.9 Å². The van der Waals surface area contributed by atoms with E-state index >= 15 is 0 Å². The molecule has 0 aliphatic carbocycles. The molecule has 0 bridgehead atoms. The minimum Gasteiger partial charge on any atom is -0.324 e. The van der Waals surface area contributed by atoms with Gasteiger partial charge in [-0.25, -0.2) is 4.90 Å². The second kappa shape index (κ2) is 6.40. The van der Waals surface area contributed by atoms with Crippen LogP contribution in [0.4, 0.5) is 11.4 Å². The van der Waals surface area contributed by atoms with Crippen LogP contribution in [0.1, 0.15) is 24.0 Å². The third kappa shape index (κ3) is 2.24. The van der Waals surface area contributed by atoms with E-state index in [2.05, 4.69) is 26.1 Å². The van der Waals surface area contributed by atoms with Crippen LogP contribution in [0.25, 0.3) is 0 Å². The average Bonchev–Trinajstić information content (AvgIpc) is 3.45. The van der Waals surface area contributed by atoms with E-state index < -0.39 is 17.4 Å². The molecule has 1 spiro atoms. The molecule has 1 N–H and O–H groups in total. The Morgan fingerprint density at radius 2 is 1.84 bits per heavy atom. The van der Waals surface area contributed by atoms with Crippen molar-refractivity contribution in [2.24, 2.45) is 11.8 Å². The number of hydrogen-bond donors (Lipinski definition) is 1. The van der Waals surface area contributed by atoms with Crippen LogP contribution >= 0.6 is 27.5 Å². The lowest BCUT2D eigenvalue weighted by Gasteiger charge is -2.36. The number of imide groups is 1. The van der Waals surface area contributed by atoms with Gasteiger partial charge in [-0.1, -0.05) is 33.6 Å². The Morgan fingerprint density at radius 3 is 2.58 bits per heavy atom. The fourth-order valence-corrected chi connectivity index (χ4v) is 6.66. The lowest BCUT2D eigenvalue weighted by atomic mass is 9.75. The molecule has 8 heteroatoms. The summed E-state index contributed by atoms with van der Waals surface area (Å²) >= 11 is 9.73. The highest BCUT2D eigenvalue weighted by molar-refractivity contribution is 9.10. The fraction of sp³-hybridized carbons (Fsp3) is 0.348. The van der Waals surface area contributed by atoms with Crippen molar-refractivity contribution in [3.05, 3.63) is 57.0 Å². The molecule has 2 aromatic carbocycles. The number of benzene rings is 2. The van der Waals surface area contributed by atoms with Gasteiger partial charge >= 0.3 is 0 Å². The zero-order chi connectivity index (χ0) is 21.7. The molecule has 158 valence electrons. The van der Waals surface area contributed by atoms with Crippen molar-refractivity contribution in [1.82, 2.24) is 4.90 Å². The first-order valence-electron chi connectivity index (χ1n) is 10.4. The van der Waals surface area contributed by atoms with E-state index in [1.54, 1.807) is 18.2 Å². The van der Waals surface area contributed by atoms with Crippen molar-refractivity contribution in [1.29, 1.82) is 0 Å². The highest BCUT2D eigenvalue weighted by Crippen LogP contribution is 2.61. The van der Waals surface area contributed by atoms with Crippen LogP contribution in [0.5, 0.6) is 0 Å². The van der Waals surface area contributed by atoms with E-state index in [1.165, 1.54) is 4.90 Å². The van der Waals surface area contributed by atoms with Crippen LogP contribution in [-0.2, 0) is 19.9 Å². The van der Waals surface area contributed by atoms with Crippen molar-refractivity contribution in [3.63, 3.8) is 0 Å². The van der Waals surface area contributed by atoms with Gasteiger partial charge in [0, 0.05) is 21.1 Å². The molecular formula is C23H19BrClN3O3. The summed E-state index contributed by atoms with van der Waals surface area (Å²) in [4.78, 5) is 44.5. The van der Waals surface area contributed by atoms with E-state index in [-0.39, 0.29) is 23.8 Å². The lowest BCUT2D eigenvalue weighted by molar-refractivity contribution is -0.135. The predicted molar refractivity (Wildman–Crippen MR) is 120 cm³/mol. The first-order valence-corrected chi connectivity index (χ1v) is 11.6. The smallest absolute Gasteiger partial charge is 0.250 e. The normalized spacial score (nSPS) is 31.4. The maximum atomic E-state index is 13.8. The largest absolute Gasteiger partial charge is 0.324 e. The van der Waals surface area contributed by atoms with Gasteiger partial charge in [-0.15, -0.1) is 0 Å². The number of fused-ring (bicyclic) bond motifs is 7. The maximum Gasteiger partial charge on any atom is 0.250 e. The Morgan fingerprint density at radius 1 is 1.10 bits per heavy atom. The van der Waals surface area contributed by atoms with Crippen LogP contribution in [0.3, 0.4) is 0 Å². The number of carbonyl (C=O) groups excluding carboxylic acids is 3. The molecule has 0 aromatic heterocycles. The van der Waals surface area contributed by atoms with Gasteiger partial charge in [0.15, 0.2) is 0 Å². The highest BCUT2D eigenvalue weighted by atomic mass is 79.9. The Balaban J connectivity index is 1.56. The van der Waals surface area contributed by atoms with Gasteiger partial charge in [0.05, 0.1) is 23.2 Å². The highest BCUT2D eigenvalue weighted by Gasteiger charge is 2.74.